The smallest absolute Gasteiger partial charge is 0.337 e. The van der Waals surface area contributed by atoms with Crippen LogP contribution >= 0.6 is 0 Å². The number of benzene rings is 1. The van der Waals surface area contributed by atoms with Gasteiger partial charge in [0.05, 0.1) is 25.0 Å². The molecule has 18 heavy (non-hydrogen) atoms. The summed E-state index contributed by atoms with van der Waals surface area (Å²) in [4.78, 5) is 13.1. The van der Waals surface area contributed by atoms with Crippen LogP contribution in [0, 0.1) is 0 Å². The summed E-state index contributed by atoms with van der Waals surface area (Å²) in [6.07, 6.45) is 0. The molecule has 0 saturated heterocycles. The fourth-order valence-corrected chi connectivity index (χ4v) is 1.70. The fraction of sp³-hybridized carbons (Fsp3) is 0.462. The Balaban J connectivity index is 3.14. The van der Waals surface area contributed by atoms with Gasteiger partial charge in [-0.1, -0.05) is 0 Å². The molecule has 0 amide bonds. The Labute approximate surface area is 107 Å². The van der Waals surface area contributed by atoms with Crippen LogP contribution in [0.2, 0.25) is 0 Å². The van der Waals surface area contributed by atoms with Gasteiger partial charge in [0.2, 0.25) is 0 Å². The van der Waals surface area contributed by atoms with Crippen molar-refractivity contribution in [1.82, 2.24) is 0 Å². The molecule has 0 aromatic heterocycles. The normalized spacial score (nSPS) is 12.0. The first-order valence-electron chi connectivity index (χ1n) is 5.64. The number of carboxylic acid groups (broad SMARTS) is 1. The maximum absolute atomic E-state index is 11.2. The van der Waals surface area contributed by atoms with Gasteiger partial charge in [-0.15, -0.1) is 0 Å². The predicted octanol–water partition coefficient (Wildman–Crippen LogP) is 1.86. The van der Waals surface area contributed by atoms with Crippen LogP contribution in [-0.4, -0.2) is 45.0 Å². The monoisotopic (exact) mass is 253 g/mol. The molecule has 0 saturated carbocycles. The van der Waals surface area contributed by atoms with Crippen LogP contribution in [0.4, 0.5) is 5.69 Å². The molecular weight excluding hydrogens is 234 g/mol. The second-order valence-corrected chi connectivity index (χ2v) is 4.10. The molecule has 0 aliphatic rings. The number of aromatic carboxylic acids is 1. The lowest BCUT2D eigenvalue weighted by Gasteiger charge is -2.28. The first-order chi connectivity index (χ1) is 8.51. The average Bonchev–Trinajstić information content (AvgIpc) is 2.37. The summed E-state index contributed by atoms with van der Waals surface area (Å²) in [6.45, 7) is 2.49. The Morgan fingerprint density at radius 2 is 2.11 bits per heavy atom. The van der Waals surface area contributed by atoms with Gasteiger partial charge in [-0.2, -0.15) is 0 Å². The summed E-state index contributed by atoms with van der Waals surface area (Å²) < 4.78 is 10.2. The summed E-state index contributed by atoms with van der Waals surface area (Å²) in [7, 11) is 5.01. The first-order valence-corrected chi connectivity index (χ1v) is 5.64. The molecule has 0 aliphatic heterocycles. The lowest BCUT2D eigenvalue weighted by molar-refractivity contribution is 0.0697. The second kappa shape index (κ2) is 6.26. The second-order valence-electron chi connectivity index (χ2n) is 4.10. The van der Waals surface area contributed by atoms with Gasteiger partial charge in [0.15, 0.2) is 0 Å². The molecule has 1 atom stereocenters. The topological polar surface area (TPSA) is 59.0 Å². The van der Waals surface area contributed by atoms with Crippen molar-refractivity contribution in [2.24, 2.45) is 0 Å². The summed E-state index contributed by atoms with van der Waals surface area (Å²) in [6, 6.07) is 4.98. The standard InChI is InChI=1S/C13H19NO4/c1-9(8-17-3)14(2)12-7-10(18-4)5-6-11(12)13(15)16/h5-7,9H,8H2,1-4H3,(H,15,16). The van der Waals surface area contributed by atoms with E-state index in [0.29, 0.717) is 18.0 Å². The fourth-order valence-electron chi connectivity index (χ4n) is 1.70. The summed E-state index contributed by atoms with van der Waals surface area (Å²) in [5.74, 6) is -0.324. The van der Waals surface area contributed by atoms with Crippen LogP contribution in [0.3, 0.4) is 0 Å². The third-order valence-corrected chi connectivity index (χ3v) is 2.88. The van der Waals surface area contributed by atoms with E-state index >= 15 is 0 Å². The minimum Gasteiger partial charge on any atom is -0.497 e. The molecule has 1 aromatic carbocycles. The average molecular weight is 253 g/mol. The lowest BCUT2D eigenvalue weighted by atomic mass is 10.1. The number of anilines is 1. The lowest BCUT2D eigenvalue weighted by Crippen LogP contribution is -2.33. The maximum atomic E-state index is 11.2. The number of ether oxygens (including phenoxy) is 2. The van der Waals surface area contributed by atoms with E-state index in [0.717, 1.165) is 0 Å². The molecule has 1 N–H and O–H groups in total. The number of likely N-dealkylation sites (N-methyl/N-ethyl adjacent to an activating group) is 1. The van der Waals surface area contributed by atoms with Gasteiger partial charge in [0, 0.05) is 26.3 Å². The molecule has 5 nitrogen and oxygen atoms in total. The molecule has 0 bridgehead atoms. The van der Waals surface area contributed by atoms with Gasteiger partial charge >= 0.3 is 5.97 Å². The third-order valence-electron chi connectivity index (χ3n) is 2.88. The van der Waals surface area contributed by atoms with E-state index in [9.17, 15) is 9.90 Å². The minimum atomic E-state index is -0.955. The molecule has 1 aromatic rings. The molecule has 1 unspecified atom stereocenters. The largest absolute Gasteiger partial charge is 0.497 e. The maximum Gasteiger partial charge on any atom is 0.337 e. The van der Waals surface area contributed by atoms with Gasteiger partial charge in [-0.25, -0.2) is 4.79 Å². The van der Waals surface area contributed by atoms with Gasteiger partial charge < -0.3 is 19.5 Å². The van der Waals surface area contributed by atoms with E-state index in [1.54, 1.807) is 32.4 Å². The highest BCUT2D eigenvalue weighted by atomic mass is 16.5. The number of hydrogen-bond donors (Lipinski definition) is 1. The van der Waals surface area contributed by atoms with Crippen molar-refractivity contribution in [2.75, 3.05) is 32.8 Å². The Kier molecular flexibility index (Phi) is 4.97. The van der Waals surface area contributed by atoms with Crippen molar-refractivity contribution < 1.29 is 19.4 Å². The molecule has 0 heterocycles. The van der Waals surface area contributed by atoms with E-state index in [4.69, 9.17) is 9.47 Å². The van der Waals surface area contributed by atoms with Crippen LogP contribution < -0.4 is 9.64 Å². The van der Waals surface area contributed by atoms with Crippen LogP contribution in [0.1, 0.15) is 17.3 Å². The number of carboxylic acids is 1. The number of hydrogen-bond acceptors (Lipinski definition) is 4. The Morgan fingerprint density at radius 1 is 1.44 bits per heavy atom. The van der Waals surface area contributed by atoms with E-state index in [2.05, 4.69) is 0 Å². The highest BCUT2D eigenvalue weighted by Gasteiger charge is 2.18. The Hall–Kier alpha value is -1.75. The van der Waals surface area contributed by atoms with Gasteiger partial charge in [-0.05, 0) is 19.1 Å². The first kappa shape index (κ1) is 14.3. The van der Waals surface area contributed by atoms with Crippen LogP contribution in [-0.2, 0) is 4.74 Å². The Morgan fingerprint density at radius 3 is 2.61 bits per heavy atom. The zero-order chi connectivity index (χ0) is 13.7. The van der Waals surface area contributed by atoms with Crippen molar-refractivity contribution in [2.45, 2.75) is 13.0 Å². The SMILES string of the molecule is COCC(C)N(C)c1cc(OC)ccc1C(=O)O. The quantitative estimate of drug-likeness (QED) is 0.838. The van der Waals surface area contributed by atoms with Crippen molar-refractivity contribution >= 4 is 11.7 Å². The zero-order valence-corrected chi connectivity index (χ0v) is 11.1. The molecule has 100 valence electrons. The third kappa shape index (κ3) is 3.13. The van der Waals surface area contributed by atoms with Crippen LogP contribution in [0.15, 0.2) is 18.2 Å². The summed E-state index contributed by atoms with van der Waals surface area (Å²) in [5.41, 5.74) is 0.868. The van der Waals surface area contributed by atoms with Crippen molar-refractivity contribution in [1.29, 1.82) is 0 Å². The van der Waals surface area contributed by atoms with E-state index in [-0.39, 0.29) is 11.6 Å². The zero-order valence-electron chi connectivity index (χ0n) is 11.1. The summed E-state index contributed by atoms with van der Waals surface area (Å²) in [5, 5.41) is 9.19. The number of nitrogens with zero attached hydrogens (tertiary/aromatic N) is 1. The van der Waals surface area contributed by atoms with Crippen LogP contribution in [0.25, 0.3) is 0 Å². The molecule has 0 fully saturated rings. The van der Waals surface area contributed by atoms with Crippen molar-refractivity contribution in [3.8, 4) is 5.75 Å². The minimum absolute atomic E-state index is 0.0696. The van der Waals surface area contributed by atoms with E-state index < -0.39 is 5.97 Å². The number of methoxy groups -OCH3 is 2. The number of rotatable bonds is 6. The highest BCUT2D eigenvalue weighted by molar-refractivity contribution is 5.94. The van der Waals surface area contributed by atoms with E-state index in [1.165, 1.54) is 0 Å². The van der Waals surface area contributed by atoms with E-state index in [1.807, 2.05) is 18.9 Å². The van der Waals surface area contributed by atoms with Gasteiger partial charge in [0.1, 0.15) is 5.75 Å². The van der Waals surface area contributed by atoms with Gasteiger partial charge in [-0.3, -0.25) is 0 Å². The predicted molar refractivity (Wildman–Crippen MR) is 69.7 cm³/mol. The Bertz CT molecular complexity index is 419. The molecule has 0 aliphatic carbocycles. The molecular formula is C13H19NO4. The molecule has 5 heteroatoms. The van der Waals surface area contributed by atoms with Crippen molar-refractivity contribution in [3.63, 3.8) is 0 Å². The molecule has 0 radical (unpaired) electrons. The number of carbonyl (C=O) groups is 1. The van der Waals surface area contributed by atoms with Crippen LogP contribution in [0.5, 0.6) is 5.75 Å². The molecule has 0 spiro atoms. The van der Waals surface area contributed by atoms with Gasteiger partial charge in [0.25, 0.3) is 0 Å². The summed E-state index contributed by atoms with van der Waals surface area (Å²) >= 11 is 0. The highest BCUT2D eigenvalue weighted by Crippen LogP contribution is 2.26. The van der Waals surface area contributed by atoms with Crippen molar-refractivity contribution in [3.05, 3.63) is 23.8 Å². The molecule has 1 rings (SSSR count).